The summed E-state index contributed by atoms with van der Waals surface area (Å²) in [5.41, 5.74) is 1.61. The molecule has 2 rings (SSSR count). The zero-order valence-electron chi connectivity index (χ0n) is 8.63. The van der Waals surface area contributed by atoms with Gasteiger partial charge in [-0.3, -0.25) is 0 Å². The third-order valence-corrected chi connectivity index (χ3v) is 2.71. The standard InChI is InChI=1S/C11H6BrN5/c12-9-3-1-8(2-4-9)11-10(7-14)15-16-17(11)6-5-13/h1-4H,6H2. The van der Waals surface area contributed by atoms with Gasteiger partial charge in [-0.25, -0.2) is 4.68 Å². The lowest BCUT2D eigenvalue weighted by Gasteiger charge is -2.02. The zero-order valence-corrected chi connectivity index (χ0v) is 10.2. The van der Waals surface area contributed by atoms with E-state index in [0.717, 1.165) is 10.0 Å². The Hall–Kier alpha value is -2.18. The molecule has 17 heavy (non-hydrogen) atoms. The molecule has 0 aliphatic rings. The second kappa shape index (κ2) is 4.77. The fourth-order valence-corrected chi connectivity index (χ4v) is 1.72. The first-order chi connectivity index (χ1) is 8.26. The van der Waals surface area contributed by atoms with Crippen LogP contribution in [0.2, 0.25) is 0 Å². The summed E-state index contributed by atoms with van der Waals surface area (Å²) in [7, 11) is 0. The Morgan fingerprint density at radius 1 is 1.24 bits per heavy atom. The Labute approximate surface area is 106 Å². The van der Waals surface area contributed by atoms with Gasteiger partial charge in [-0.05, 0) is 12.1 Å². The lowest BCUT2D eigenvalue weighted by molar-refractivity contribution is 0.674. The molecular weight excluding hydrogens is 282 g/mol. The van der Waals surface area contributed by atoms with Gasteiger partial charge in [0.05, 0.1) is 6.07 Å². The fraction of sp³-hybridized carbons (Fsp3) is 0.0909. The summed E-state index contributed by atoms with van der Waals surface area (Å²) in [6, 6.07) is 11.4. The zero-order chi connectivity index (χ0) is 12.3. The van der Waals surface area contributed by atoms with Crippen LogP contribution in [0, 0.1) is 22.7 Å². The summed E-state index contributed by atoms with van der Waals surface area (Å²) < 4.78 is 2.36. The molecule has 0 atom stereocenters. The molecule has 1 heterocycles. The van der Waals surface area contributed by atoms with Crippen molar-refractivity contribution < 1.29 is 0 Å². The van der Waals surface area contributed by atoms with Gasteiger partial charge in [-0.1, -0.05) is 33.3 Å². The van der Waals surface area contributed by atoms with Crippen LogP contribution >= 0.6 is 15.9 Å². The van der Waals surface area contributed by atoms with E-state index < -0.39 is 0 Å². The third-order valence-electron chi connectivity index (χ3n) is 2.18. The highest BCUT2D eigenvalue weighted by atomic mass is 79.9. The molecule has 0 aliphatic heterocycles. The first-order valence-electron chi connectivity index (χ1n) is 4.72. The Balaban J connectivity index is 2.57. The van der Waals surface area contributed by atoms with Crippen molar-refractivity contribution in [2.24, 2.45) is 0 Å². The van der Waals surface area contributed by atoms with Crippen LogP contribution in [0.3, 0.4) is 0 Å². The van der Waals surface area contributed by atoms with Crippen molar-refractivity contribution in [1.82, 2.24) is 15.0 Å². The SMILES string of the molecule is N#CCn1nnc(C#N)c1-c1ccc(Br)cc1. The average molecular weight is 288 g/mol. The molecule has 5 nitrogen and oxygen atoms in total. The van der Waals surface area contributed by atoms with Gasteiger partial charge in [0.15, 0.2) is 5.69 Å². The van der Waals surface area contributed by atoms with E-state index in [1.54, 1.807) is 0 Å². The summed E-state index contributed by atoms with van der Waals surface area (Å²) in [4.78, 5) is 0. The smallest absolute Gasteiger partial charge is 0.190 e. The van der Waals surface area contributed by atoms with E-state index in [1.165, 1.54) is 4.68 Å². The van der Waals surface area contributed by atoms with Crippen LogP contribution in [0.1, 0.15) is 5.69 Å². The van der Waals surface area contributed by atoms with Crippen LogP contribution in [0.4, 0.5) is 0 Å². The van der Waals surface area contributed by atoms with Crippen LogP contribution in [-0.4, -0.2) is 15.0 Å². The predicted octanol–water partition coefficient (Wildman–Crippen LogP) is 2.10. The minimum Gasteiger partial charge on any atom is -0.229 e. The van der Waals surface area contributed by atoms with Crippen molar-refractivity contribution in [2.75, 3.05) is 0 Å². The van der Waals surface area contributed by atoms with E-state index in [0.29, 0.717) is 5.69 Å². The number of hydrogen-bond donors (Lipinski definition) is 0. The molecule has 0 N–H and O–H groups in total. The molecular formula is C11H6BrN5. The molecule has 6 heteroatoms. The van der Waals surface area contributed by atoms with Gasteiger partial charge in [0, 0.05) is 10.0 Å². The van der Waals surface area contributed by atoms with Crippen molar-refractivity contribution in [1.29, 1.82) is 10.5 Å². The number of rotatable bonds is 2. The Bertz CT molecular complexity index is 615. The van der Waals surface area contributed by atoms with Gasteiger partial charge >= 0.3 is 0 Å². The molecule has 0 fully saturated rings. The Morgan fingerprint density at radius 3 is 2.53 bits per heavy atom. The number of benzene rings is 1. The molecule has 0 unspecified atom stereocenters. The van der Waals surface area contributed by atoms with Crippen LogP contribution in [0.5, 0.6) is 0 Å². The minimum atomic E-state index is 0.0695. The van der Waals surface area contributed by atoms with Gasteiger partial charge in [-0.15, -0.1) is 5.10 Å². The highest BCUT2D eigenvalue weighted by Gasteiger charge is 2.14. The van der Waals surface area contributed by atoms with Crippen molar-refractivity contribution >= 4 is 15.9 Å². The maximum atomic E-state index is 8.96. The monoisotopic (exact) mass is 287 g/mol. The van der Waals surface area contributed by atoms with E-state index in [4.69, 9.17) is 10.5 Å². The van der Waals surface area contributed by atoms with Gasteiger partial charge in [-0.2, -0.15) is 10.5 Å². The first-order valence-corrected chi connectivity index (χ1v) is 5.52. The van der Waals surface area contributed by atoms with Gasteiger partial charge in [0.2, 0.25) is 0 Å². The second-order valence-electron chi connectivity index (χ2n) is 3.22. The molecule has 0 amide bonds. The summed E-state index contributed by atoms with van der Waals surface area (Å²) >= 11 is 3.34. The summed E-state index contributed by atoms with van der Waals surface area (Å²) in [6.07, 6.45) is 0. The van der Waals surface area contributed by atoms with Crippen molar-refractivity contribution in [3.05, 3.63) is 34.4 Å². The second-order valence-corrected chi connectivity index (χ2v) is 4.14. The van der Waals surface area contributed by atoms with Crippen LogP contribution in [0.15, 0.2) is 28.7 Å². The van der Waals surface area contributed by atoms with E-state index in [1.807, 2.05) is 36.4 Å². The van der Waals surface area contributed by atoms with E-state index in [-0.39, 0.29) is 12.2 Å². The molecule has 0 bridgehead atoms. The molecule has 0 saturated heterocycles. The molecule has 0 saturated carbocycles. The largest absolute Gasteiger partial charge is 0.229 e. The lowest BCUT2D eigenvalue weighted by atomic mass is 10.1. The maximum Gasteiger partial charge on any atom is 0.190 e. The molecule has 0 radical (unpaired) electrons. The predicted molar refractivity (Wildman–Crippen MR) is 63.5 cm³/mol. The topological polar surface area (TPSA) is 78.3 Å². The number of halogens is 1. The summed E-state index contributed by atoms with van der Waals surface area (Å²) in [5.74, 6) is 0. The summed E-state index contributed by atoms with van der Waals surface area (Å²) in [6.45, 7) is 0.0695. The highest BCUT2D eigenvalue weighted by Crippen LogP contribution is 2.23. The van der Waals surface area contributed by atoms with Gasteiger partial charge < -0.3 is 0 Å². The van der Waals surface area contributed by atoms with Crippen molar-refractivity contribution in [3.8, 4) is 23.4 Å². The molecule has 0 aliphatic carbocycles. The first kappa shape index (κ1) is 11.3. The van der Waals surface area contributed by atoms with Crippen molar-refractivity contribution in [2.45, 2.75) is 6.54 Å². The number of aromatic nitrogens is 3. The van der Waals surface area contributed by atoms with Crippen LogP contribution in [-0.2, 0) is 6.54 Å². The molecule has 82 valence electrons. The number of nitrogens with zero attached hydrogens (tertiary/aromatic N) is 5. The van der Waals surface area contributed by atoms with Crippen LogP contribution < -0.4 is 0 Å². The minimum absolute atomic E-state index is 0.0695. The Kier molecular flexibility index (Phi) is 3.17. The Morgan fingerprint density at radius 2 is 1.94 bits per heavy atom. The highest BCUT2D eigenvalue weighted by molar-refractivity contribution is 9.10. The van der Waals surface area contributed by atoms with E-state index in [9.17, 15) is 0 Å². The lowest BCUT2D eigenvalue weighted by Crippen LogP contribution is -2.00. The number of nitriles is 2. The molecule has 2 aromatic rings. The molecule has 1 aromatic carbocycles. The van der Waals surface area contributed by atoms with E-state index in [2.05, 4.69) is 26.2 Å². The third kappa shape index (κ3) is 2.17. The van der Waals surface area contributed by atoms with Crippen LogP contribution in [0.25, 0.3) is 11.3 Å². The average Bonchev–Trinajstić information content (AvgIpc) is 2.74. The van der Waals surface area contributed by atoms with E-state index >= 15 is 0 Å². The quantitative estimate of drug-likeness (QED) is 0.847. The number of hydrogen-bond acceptors (Lipinski definition) is 4. The normalized spacial score (nSPS) is 9.59. The van der Waals surface area contributed by atoms with Crippen molar-refractivity contribution in [3.63, 3.8) is 0 Å². The van der Waals surface area contributed by atoms with Gasteiger partial charge in [0.1, 0.15) is 18.3 Å². The fourth-order valence-electron chi connectivity index (χ4n) is 1.46. The molecule has 1 aromatic heterocycles. The molecule has 0 spiro atoms. The summed E-state index contributed by atoms with van der Waals surface area (Å²) in [5, 5.41) is 25.2. The van der Waals surface area contributed by atoms with Gasteiger partial charge in [0.25, 0.3) is 0 Å². The maximum absolute atomic E-state index is 8.96.